The van der Waals surface area contributed by atoms with Gasteiger partial charge in [-0.15, -0.1) is 12.4 Å². The van der Waals surface area contributed by atoms with Gasteiger partial charge in [0.25, 0.3) is 5.91 Å². The predicted octanol–water partition coefficient (Wildman–Crippen LogP) is 2.56. The highest BCUT2D eigenvalue weighted by molar-refractivity contribution is 5.94. The summed E-state index contributed by atoms with van der Waals surface area (Å²) < 4.78 is 1.56. The molecule has 1 aromatic carbocycles. The average Bonchev–Trinajstić information content (AvgIpc) is 2.79. The summed E-state index contributed by atoms with van der Waals surface area (Å²) >= 11 is 0. The largest absolute Gasteiger partial charge is 0.504 e. The first-order valence-corrected chi connectivity index (χ1v) is 8.45. The number of amides is 1. The van der Waals surface area contributed by atoms with E-state index in [0.29, 0.717) is 19.0 Å². The summed E-state index contributed by atoms with van der Waals surface area (Å²) in [5.74, 6) is 0.165. The Kier molecular flexibility index (Phi) is 6.45. The lowest BCUT2D eigenvalue weighted by Gasteiger charge is -2.18. The Morgan fingerprint density at radius 2 is 1.92 bits per heavy atom. The standard InChI is InChI=1S/C18H24N4O2.ClH/c1-13(2)14-4-6-15(7-5-14)22-12-16(23)17(20-22)18(24)21-10-3-8-19-9-11-21;/h4-7,12-13,19,23H,3,8-11H2,1-2H3;1H. The maximum atomic E-state index is 12.6. The van der Waals surface area contributed by atoms with Gasteiger partial charge in [-0.25, -0.2) is 4.68 Å². The number of carbonyl (C=O) groups is 1. The fourth-order valence-electron chi connectivity index (χ4n) is 2.86. The molecular weight excluding hydrogens is 340 g/mol. The Morgan fingerprint density at radius 1 is 1.20 bits per heavy atom. The highest BCUT2D eigenvalue weighted by Crippen LogP contribution is 2.22. The minimum Gasteiger partial charge on any atom is -0.504 e. The lowest BCUT2D eigenvalue weighted by Crippen LogP contribution is -2.34. The number of aromatic nitrogens is 2. The van der Waals surface area contributed by atoms with E-state index >= 15 is 0 Å². The number of hydrogen-bond acceptors (Lipinski definition) is 4. The van der Waals surface area contributed by atoms with Gasteiger partial charge in [-0.3, -0.25) is 4.79 Å². The lowest BCUT2D eigenvalue weighted by molar-refractivity contribution is 0.0757. The third-order valence-corrected chi connectivity index (χ3v) is 4.35. The van der Waals surface area contributed by atoms with Crippen LogP contribution in [0.15, 0.2) is 30.5 Å². The van der Waals surface area contributed by atoms with Crippen molar-refractivity contribution in [1.29, 1.82) is 0 Å². The van der Waals surface area contributed by atoms with Crippen LogP contribution in [0.25, 0.3) is 5.69 Å². The Bertz CT molecular complexity index is 704. The third-order valence-electron chi connectivity index (χ3n) is 4.35. The molecule has 3 rings (SSSR count). The van der Waals surface area contributed by atoms with Crippen molar-refractivity contribution in [2.45, 2.75) is 26.2 Å². The van der Waals surface area contributed by atoms with E-state index in [0.717, 1.165) is 25.2 Å². The molecule has 1 amide bonds. The van der Waals surface area contributed by atoms with Gasteiger partial charge in [-0.1, -0.05) is 26.0 Å². The van der Waals surface area contributed by atoms with Crippen LogP contribution in [0, 0.1) is 0 Å². The molecule has 6 nitrogen and oxygen atoms in total. The number of halogens is 1. The molecule has 0 saturated carbocycles. The zero-order chi connectivity index (χ0) is 17.1. The monoisotopic (exact) mass is 364 g/mol. The van der Waals surface area contributed by atoms with Crippen LogP contribution in [0.1, 0.15) is 42.2 Å². The second-order valence-electron chi connectivity index (χ2n) is 6.45. The molecule has 136 valence electrons. The summed E-state index contributed by atoms with van der Waals surface area (Å²) in [6, 6.07) is 7.99. The number of benzene rings is 1. The summed E-state index contributed by atoms with van der Waals surface area (Å²) in [7, 11) is 0. The fourth-order valence-corrected chi connectivity index (χ4v) is 2.86. The first kappa shape index (κ1) is 19.3. The average molecular weight is 365 g/mol. The van der Waals surface area contributed by atoms with Gasteiger partial charge in [0.2, 0.25) is 0 Å². The molecule has 2 N–H and O–H groups in total. The molecule has 1 aliphatic heterocycles. The normalized spacial score (nSPS) is 14.9. The molecule has 2 heterocycles. The molecule has 2 aromatic rings. The van der Waals surface area contributed by atoms with Crippen molar-refractivity contribution in [2.24, 2.45) is 0 Å². The summed E-state index contributed by atoms with van der Waals surface area (Å²) in [4.78, 5) is 14.4. The van der Waals surface area contributed by atoms with Crippen LogP contribution in [-0.2, 0) is 0 Å². The van der Waals surface area contributed by atoms with Crippen LogP contribution in [0.5, 0.6) is 5.75 Å². The maximum absolute atomic E-state index is 12.6. The van der Waals surface area contributed by atoms with E-state index in [1.165, 1.54) is 11.8 Å². The molecule has 7 heteroatoms. The smallest absolute Gasteiger partial charge is 0.278 e. The van der Waals surface area contributed by atoms with Crippen molar-refractivity contribution in [1.82, 2.24) is 20.0 Å². The van der Waals surface area contributed by atoms with Crippen LogP contribution in [-0.4, -0.2) is 51.9 Å². The second kappa shape index (κ2) is 8.36. The minimum atomic E-state index is -0.214. The van der Waals surface area contributed by atoms with Crippen LogP contribution in [0.3, 0.4) is 0 Å². The van der Waals surface area contributed by atoms with Crippen molar-refractivity contribution >= 4 is 18.3 Å². The fraction of sp³-hybridized carbons (Fsp3) is 0.444. The lowest BCUT2D eigenvalue weighted by atomic mass is 10.0. The number of nitrogens with one attached hydrogen (secondary N) is 1. The van der Waals surface area contributed by atoms with E-state index < -0.39 is 0 Å². The van der Waals surface area contributed by atoms with Gasteiger partial charge in [0.05, 0.1) is 11.9 Å². The Morgan fingerprint density at radius 3 is 2.60 bits per heavy atom. The maximum Gasteiger partial charge on any atom is 0.278 e. The van der Waals surface area contributed by atoms with E-state index in [1.54, 1.807) is 9.58 Å². The summed E-state index contributed by atoms with van der Waals surface area (Å²) in [6.45, 7) is 7.27. The second-order valence-corrected chi connectivity index (χ2v) is 6.45. The number of rotatable bonds is 3. The number of nitrogens with zero attached hydrogens (tertiary/aromatic N) is 3. The molecule has 1 fully saturated rings. The van der Waals surface area contributed by atoms with Crippen LogP contribution in [0.2, 0.25) is 0 Å². The summed E-state index contributed by atoms with van der Waals surface area (Å²) in [5.41, 5.74) is 2.18. The predicted molar refractivity (Wildman–Crippen MR) is 100.0 cm³/mol. The quantitative estimate of drug-likeness (QED) is 0.878. The van der Waals surface area contributed by atoms with Gasteiger partial charge in [-0.2, -0.15) is 5.10 Å². The van der Waals surface area contributed by atoms with E-state index in [4.69, 9.17) is 0 Å². The SMILES string of the molecule is CC(C)c1ccc(-n2cc(O)c(C(=O)N3CCCNCC3)n2)cc1.Cl. The number of aromatic hydroxyl groups is 1. The van der Waals surface area contributed by atoms with Crippen LogP contribution in [0.4, 0.5) is 0 Å². The van der Waals surface area contributed by atoms with Crippen LogP contribution < -0.4 is 5.32 Å². The van der Waals surface area contributed by atoms with Crippen molar-refractivity contribution in [3.05, 3.63) is 41.7 Å². The Balaban J connectivity index is 0.00000225. The van der Waals surface area contributed by atoms with E-state index in [1.807, 2.05) is 24.3 Å². The van der Waals surface area contributed by atoms with Gasteiger partial charge in [0.15, 0.2) is 11.4 Å². The molecule has 0 aliphatic carbocycles. The molecule has 0 spiro atoms. The zero-order valence-electron chi connectivity index (χ0n) is 14.6. The molecule has 1 aliphatic rings. The number of hydrogen-bond donors (Lipinski definition) is 2. The van der Waals surface area contributed by atoms with E-state index in [9.17, 15) is 9.90 Å². The Labute approximate surface area is 154 Å². The van der Waals surface area contributed by atoms with Crippen LogP contribution >= 0.6 is 12.4 Å². The molecule has 1 saturated heterocycles. The van der Waals surface area contributed by atoms with Crippen molar-refractivity contribution < 1.29 is 9.90 Å². The molecular formula is C18H25ClN4O2. The highest BCUT2D eigenvalue weighted by Gasteiger charge is 2.23. The van der Waals surface area contributed by atoms with E-state index in [-0.39, 0.29) is 29.8 Å². The highest BCUT2D eigenvalue weighted by atomic mass is 35.5. The molecule has 25 heavy (non-hydrogen) atoms. The van der Waals surface area contributed by atoms with Crippen molar-refractivity contribution in [3.8, 4) is 11.4 Å². The van der Waals surface area contributed by atoms with Gasteiger partial charge in [0.1, 0.15) is 0 Å². The minimum absolute atomic E-state index is 0. The molecule has 1 aromatic heterocycles. The first-order valence-electron chi connectivity index (χ1n) is 8.45. The topological polar surface area (TPSA) is 70.4 Å². The van der Waals surface area contributed by atoms with Crippen molar-refractivity contribution in [2.75, 3.05) is 26.2 Å². The zero-order valence-corrected chi connectivity index (χ0v) is 15.4. The molecule has 0 atom stereocenters. The third kappa shape index (κ3) is 4.32. The van der Waals surface area contributed by atoms with Gasteiger partial charge in [0, 0.05) is 19.6 Å². The first-order chi connectivity index (χ1) is 11.6. The Hall–Kier alpha value is -2.05. The van der Waals surface area contributed by atoms with Crippen molar-refractivity contribution in [3.63, 3.8) is 0 Å². The molecule has 0 unspecified atom stereocenters. The summed E-state index contributed by atoms with van der Waals surface area (Å²) in [5, 5.41) is 17.7. The van der Waals surface area contributed by atoms with Gasteiger partial charge < -0.3 is 15.3 Å². The number of carbonyl (C=O) groups excluding carboxylic acids is 1. The van der Waals surface area contributed by atoms with E-state index in [2.05, 4.69) is 24.3 Å². The molecule has 0 radical (unpaired) electrons. The summed E-state index contributed by atoms with van der Waals surface area (Å²) in [6.07, 6.45) is 2.40. The molecule has 0 bridgehead atoms. The van der Waals surface area contributed by atoms with Gasteiger partial charge in [-0.05, 0) is 36.6 Å². The van der Waals surface area contributed by atoms with Gasteiger partial charge >= 0.3 is 0 Å².